The minimum absolute atomic E-state index is 0.160. The molecule has 1 aromatic carbocycles. The molecule has 2 heterocycles. The van der Waals surface area contributed by atoms with E-state index in [0.717, 1.165) is 5.56 Å². The zero-order chi connectivity index (χ0) is 15.2. The Hall–Kier alpha value is -2.96. The zero-order valence-electron chi connectivity index (χ0n) is 11.8. The summed E-state index contributed by atoms with van der Waals surface area (Å²) in [5.41, 5.74) is 1.04. The fourth-order valence-electron chi connectivity index (χ4n) is 2.16. The molecule has 3 rings (SSSR count). The van der Waals surface area contributed by atoms with Crippen molar-refractivity contribution >= 4 is 5.91 Å². The summed E-state index contributed by atoms with van der Waals surface area (Å²) >= 11 is 0. The van der Waals surface area contributed by atoms with Crippen LogP contribution < -0.4 is 5.32 Å². The molecular formula is C15H15N5O2. The Labute approximate surface area is 126 Å². The SMILES string of the molecule is O=C(NCc1ccco1)[C@@H](Cc1ccccc1)n1cnnn1. The Morgan fingerprint density at radius 2 is 2.09 bits per heavy atom. The maximum absolute atomic E-state index is 12.5. The number of aromatic nitrogens is 4. The molecule has 3 aromatic rings. The third-order valence-corrected chi connectivity index (χ3v) is 3.28. The molecule has 7 nitrogen and oxygen atoms in total. The molecule has 0 aliphatic carbocycles. The minimum Gasteiger partial charge on any atom is -0.467 e. The van der Waals surface area contributed by atoms with Crippen molar-refractivity contribution in [3.63, 3.8) is 0 Å². The maximum Gasteiger partial charge on any atom is 0.245 e. The average molecular weight is 297 g/mol. The van der Waals surface area contributed by atoms with Crippen LogP contribution in [0, 0.1) is 0 Å². The van der Waals surface area contributed by atoms with Crippen LogP contribution in [0.1, 0.15) is 17.4 Å². The van der Waals surface area contributed by atoms with Crippen molar-refractivity contribution in [1.29, 1.82) is 0 Å². The van der Waals surface area contributed by atoms with Gasteiger partial charge in [-0.25, -0.2) is 4.68 Å². The number of nitrogens with one attached hydrogen (secondary N) is 1. The lowest BCUT2D eigenvalue weighted by Gasteiger charge is -2.16. The highest BCUT2D eigenvalue weighted by Crippen LogP contribution is 2.13. The van der Waals surface area contributed by atoms with Crippen LogP contribution in [0.5, 0.6) is 0 Å². The quantitative estimate of drug-likeness (QED) is 0.742. The Morgan fingerprint density at radius 1 is 1.23 bits per heavy atom. The van der Waals surface area contributed by atoms with Gasteiger partial charge in [0, 0.05) is 6.42 Å². The standard InChI is InChI=1S/C15H15N5O2/c21-15(16-10-13-7-4-8-22-13)14(20-11-17-18-19-20)9-12-5-2-1-3-6-12/h1-8,11,14H,9-10H2,(H,16,21)/t14-/m1/s1. The lowest BCUT2D eigenvalue weighted by Crippen LogP contribution is -2.33. The Bertz CT molecular complexity index is 695. The van der Waals surface area contributed by atoms with Crippen LogP contribution in [-0.4, -0.2) is 26.1 Å². The molecule has 112 valence electrons. The van der Waals surface area contributed by atoms with E-state index >= 15 is 0 Å². The van der Waals surface area contributed by atoms with Gasteiger partial charge in [0.25, 0.3) is 0 Å². The maximum atomic E-state index is 12.5. The van der Waals surface area contributed by atoms with Crippen molar-refractivity contribution in [3.05, 3.63) is 66.4 Å². The van der Waals surface area contributed by atoms with E-state index in [9.17, 15) is 4.79 Å². The van der Waals surface area contributed by atoms with E-state index in [-0.39, 0.29) is 5.91 Å². The highest BCUT2D eigenvalue weighted by atomic mass is 16.3. The smallest absolute Gasteiger partial charge is 0.245 e. The number of carbonyl (C=O) groups excluding carboxylic acids is 1. The number of rotatable bonds is 6. The summed E-state index contributed by atoms with van der Waals surface area (Å²) in [5.74, 6) is 0.538. The number of nitrogens with zero attached hydrogens (tertiary/aromatic N) is 4. The Balaban J connectivity index is 1.72. The topological polar surface area (TPSA) is 85.8 Å². The lowest BCUT2D eigenvalue weighted by molar-refractivity contribution is -0.124. The first kappa shape index (κ1) is 14.0. The summed E-state index contributed by atoms with van der Waals surface area (Å²) in [7, 11) is 0. The highest BCUT2D eigenvalue weighted by molar-refractivity contribution is 5.80. The third-order valence-electron chi connectivity index (χ3n) is 3.28. The molecule has 0 unspecified atom stereocenters. The van der Waals surface area contributed by atoms with Crippen molar-refractivity contribution in [2.24, 2.45) is 0 Å². The molecule has 0 spiro atoms. The van der Waals surface area contributed by atoms with Crippen molar-refractivity contribution in [2.45, 2.75) is 19.0 Å². The second kappa shape index (κ2) is 6.66. The molecule has 2 aromatic heterocycles. The number of carbonyl (C=O) groups is 1. The summed E-state index contributed by atoms with van der Waals surface area (Å²) in [6.07, 6.45) is 3.53. The zero-order valence-corrected chi connectivity index (χ0v) is 11.8. The third kappa shape index (κ3) is 3.38. The monoisotopic (exact) mass is 297 g/mol. The summed E-state index contributed by atoms with van der Waals surface area (Å²) in [6.45, 7) is 0.333. The van der Waals surface area contributed by atoms with E-state index in [2.05, 4.69) is 20.8 Å². The van der Waals surface area contributed by atoms with Crippen molar-refractivity contribution in [1.82, 2.24) is 25.5 Å². The van der Waals surface area contributed by atoms with Crippen molar-refractivity contribution in [3.8, 4) is 0 Å². The molecule has 0 fully saturated rings. The molecule has 0 aliphatic rings. The second-order valence-corrected chi connectivity index (χ2v) is 4.79. The number of furan rings is 1. The van der Waals surface area contributed by atoms with E-state index in [4.69, 9.17) is 4.42 Å². The van der Waals surface area contributed by atoms with Gasteiger partial charge < -0.3 is 9.73 Å². The minimum atomic E-state index is -0.507. The molecule has 22 heavy (non-hydrogen) atoms. The molecule has 0 radical (unpaired) electrons. The molecule has 0 aliphatic heterocycles. The normalized spacial score (nSPS) is 12.0. The molecule has 1 amide bonds. The van der Waals surface area contributed by atoms with Gasteiger partial charge in [0.15, 0.2) is 0 Å². The Morgan fingerprint density at radius 3 is 2.77 bits per heavy atom. The van der Waals surface area contributed by atoms with E-state index < -0.39 is 6.04 Å². The summed E-state index contributed by atoms with van der Waals surface area (Å²) < 4.78 is 6.67. The number of tetrazole rings is 1. The lowest BCUT2D eigenvalue weighted by atomic mass is 10.1. The van der Waals surface area contributed by atoms with E-state index in [1.165, 1.54) is 11.0 Å². The summed E-state index contributed by atoms with van der Waals surface area (Å²) in [4.78, 5) is 12.5. The van der Waals surface area contributed by atoms with Crippen LogP contribution in [0.2, 0.25) is 0 Å². The van der Waals surface area contributed by atoms with Crippen LogP contribution in [0.3, 0.4) is 0 Å². The van der Waals surface area contributed by atoms with Crippen molar-refractivity contribution in [2.75, 3.05) is 0 Å². The number of benzene rings is 1. The van der Waals surface area contributed by atoms with Crippen LogP contribution in [-0.2, 0) is 17.8 Å². The fourth-order valence-corrected chi connectivity index (χ4v) is 2.16. The molecule has 0 bridgehead atoms. The molecule has 1 atom stereocenters. The van der Waals surface area contributed by atoms with Gasteiger partial charge in [-0.1, -0.05) is 30.3 Å². The van der Waals surface area contributed by atoms with Gasteiger partial charge in [-0.05, 0) is 28.1 Å². The largest absolute Gasteiger partial charge is 0.467 e. The predicted octanol–water partition coefficient (Wildman–Crippen LogP) is 1.37. The first-order chi connectivity index (χ1) is 10.8. The van der Waals surface area contributed by atoms with Crippen LogP contribution in [0.15, 0.2) is 59.5 Å². The van der Waals surface area contributed by atoms with Gasteiger partial charge >= 0.3 is 0 Å². The first-order valence-corrected chi connectivity index (χ1v) is 6.89. The molecule has 0 saturated carbocycles. The predicted molar refractivity (Wildman–Crippen MR) is 77.6 cm³/mol. The van der Waals surface area contributed by atoms with Gasteiger partial charge in [-0.2, -0.15) is 0 Å². The van der Waals surface area contributed by atoms with E-state index in [0.29, 0.717) is 18.7 Å². The summed E-state index contributed by atoms with van der Waals surface area (Å²) in [5, 5.41) is 13.9. The van der Waals surface area contributed by atoms with Gasteiger partial charge in [-0.3, -0.25) is 4.79 Å². The van der Waals surface area contributed by atoms with Gasteiger partial charge in [0.05, 0.1) is 12.8 Å². The fraction of sp³-hybridized carbons (Fsp3) is 0.200. The molecule has 1 N–H and O–H groups in total. The Kier molecular flexibility index (Phi) is 4.24. The van der Waals surface area contributed by atoms with E-state index in [1.54, 1.807) is 12.3 Å². The number of hydrogen-bond acceptors (Lipinski definition) is 5. The highest BCUT2D eigenvalue weighted by Gasteiger charge is 2.22. The first-order valence-electron chi connectivity index (χ1n) is 6.89. The number of hydrogen-bond donors (Lipinski definition) is 1. The average Bonchev–Trinajstić information content (AvgIpc) is 3.24. The summed E-state index contributed by atoms with van der Waals surface area (Å²) in [6, 6.07) is 12.8. The van der Waals surface area contributed by atoms with Gasteiger partial charge in [0.1, 0.15) is 18.1 Å². The van der Waals surface area contributed by atoms with Crippen LogP contribution in [0.4, 0.5) is 0 Å². The van der Waals surface area contributed by atoms with Crippen molar-refractivity contribution < 1.29 is 9.21 Å². The number of amides is 1. The van der Waals surface area contributed by atoms with Gasteiger partial charge in [0.2, 0.25) is 5.91 Å². The molecule has 0 saturated heterocycles. The van der Waals surface area contributed by atoms with Crippen LogP contribution in [0.25, 0.3) is 0 Å². The van der Waals surface area contributed by atoms with Gasteiger partial charge in [-0.15, -0.1) is 5.10 Å². The second-order valence-electron chi connectivity index (χ2n) is 4.79. The molecule has 7 heteroatoms. The molecular weight excluding hydrogens is 282 g/mol. The van der Waals surface area contributed by atoms with Crippen LogP contribution >= 0.6 is 0 Å². The van der Waals surface area contributed by atoms with E-state index in [1.807, 2.05) is 36.4 Å².